The van der Waals surface area contributed by atoms with Crippen LogP contribution in [-0.2, 0) is 4.74 Å². The van der Waals surface area contributed by atoms with Gasteiger partial charge in [0.05, 0.1) is 12.2 Å². The molecule has 0 unspecified atom stereocenters. The summed E-state index contributed by atoms with van der Waals surface area (Å²) in [6.45, 7) is 0.369. The van der Waals surface area contributed by atoms with Gasteiger partial charge in [-0.15, -0.1) is 33.2 Å². The number of esters is 1. The Morgan fingerprint density at radius 2 is 1.16 bits per heavy atom. The number of carbonyl (C=O) groups excluding carboxylic acids is 2. The largest absolute Gasteiger partial charge is 0.462 e. The zero-order chi connectivity index (χ0) is 23.2. The average Bonchev–Trinajstić information content (AvgIpc) is 2.79. The van der Waals surface area contributed by atoms with Crippen LogP contribution < -0.4 is 0 Å². The summed E-state index contributed by atoms with van der Waals surface area (Å²) in [5.41, 5.74) is 1.25. The van der Waals surface area contributed by atoms with E-state index in [1.54, 1.807) is 36.4 Å². The Hall–Kier alpha value is -1.33. The maximum atomic E-state index is 12.8. The van der Waals surface area contributed by atoms with Gasteiger partial charge in [0.1, 0.15) is 0 Å². The van der Waals surface area contributed by atoms with E-state index < -0.39 is 12.0 Å². The highest BCUT2D eigenvalue weighted by Gasteiger charge is 2.23. The first-order chi connectivity index (χ1) is 15.4. The van der Waals surface area contributed by atoms with E-state index in [2.05, 4.69) is 0 Å². The quantitative estimate of drug-likeness (QED) is 0.0791. The van der Waals surface area contributed by atoms with Gasteiger partial charge < -0.3 is 4.74 Å². The Morgan fingerprint density at radius 1 is 0.656 bits per heavy atom. The number of hydrogen-bond acceptors (Lipinski definition) is 3. The number of ether oxygens (including phenoxy) is 1. The van der Waals surface area contributed by atoms with Gasteiger partial charge in [-0.3, -0.25) is 4.79 Å². The van der Waals surface area contributed by atoms with Crippen molar-refractivity contribution in [2.75, 3.05) is 6.61 Å². The maximum Gasteiger partial charge on any atom is 0.341 e. The first kappa shape index (κ1) is 26.9. The standard InChI is InChI=1S/C25H31Cl3O3Si/c26-32(27,28)20-14-7-5-3-1-2-4-6-13-19-31-25(30)23-18-12-11-17-22(23)24(29)21-15-9-8-10-16-21/h8-12,15-18H,1-7,13-14,19-20H2. The van der Waals surface area contributed by atoms with Crippen molar-refractivity contribution in [1.29, 1.82) is 0 Å². The first-order valence-electron chi connectivity index (χ1n) is 11.3. The minimum atomic E-state index is -2.44. The molecule has 7 heteroatoms. The van der Waals surface area contributed by atoms with Gasteiger partial charge in [0.2, 0.25) is 0 Å². The second-order valence-corrected chi connectivity index (χ2v) is 17.2. The van der Waals surface area contributed by atoms with Gasteiger partial charge in [-0.1, -0.05) is 99.9 Å². The van der Waals surface area contributed by atoms with Crippen molar-refractivity contribution in [3.8, 4) is 0 Å². The lowest BCUT2D eigenvalue weighted by Crippen LogP contribution is -2.13. The molecule has 0 heterocycles. The molecular formula is C25H31Cl3O3Si. The van der Waals surface area contributed by atoms with E-state index in [1.165, 1.54) is 25.7 Å². The van der Waals surface area contributed by atoms with Gasteiger partial charge in [0.15, 0.2) is 5.78 Å². The number of benzene rings is 2. The lowest BCUT2D eigenvalue weighted by atomic mass is 9.98. The molecule has 2 aromatic rings. The molecule has 2 aromatic carbocycles. The number of carbonyl (C=O) groups is 2. The number of rotatable bonds is 15. The van der Waals surface area contributed by atoms with Crippen LogP contribution in [0.25, 0.3) is 0 Å². The Balaban J connectivity index is 1.61. The van der Waals surface area contributed by atoms with E-state index in [1.807, 2.05) is 18.2 Å². The summed E-state index contributed by atoms with van der Waals surface area (Å²) in [6, 6.07) is 14.1. The fourth-order valence-corrected chi connectivity index (χ4v) is 5.37. The molecule has 0 saturated carbocycles. The van der Waals surface area contributed by atoms with E-state index >= 15 is 0 Å². The Labute approximate surface area is 206 Å². The summed E-state index contributed by atoms with van der Waals surface area (Å²) in [5.74, 6) is -0.615. The molecule has 0 amide bonds. The Morgan fingerprint density at radius 3 is 1.75 bits per heavy atom. The van der Waals surface area contributed by atoms with Crippen LogP contribution in [0.4, 0.5) is 0 Å². The zero-order valence-electron chi connectivity index (χ0n) is 18.3. The molecule has 0 radical (unpaired) electrons. The molecule has 3 nitrogen and oxygen atoms in total. The van der Waals surface area contributed by atoms with Crippen LogP contribution in [0.15, 0.2) is 54.6 Å². The smallest absolute Gasteiger partial charge is 0.341 e. The molecule has 0 bridgehead atoms. The van der Waals surface area contributed by atoms with Gasteiger partial charge in [0, 0.05) is 11.1 Å². The lowest BCUT2D eigenvalue weighted by molar-refractivity contribution is 0.0495. The summed E-state index contributed by atoms with van der Waals surface area (Å²) < 4.78 is 5.43. The summed E-state index contributed by atoms with van der Waals surface area (Å²) in [4.78, 5) is 25.3. The van der Waals surface area contributed by atoms with Crippen LogP contribution in [0, 0.1) is 0 Å². The topological polar surface area (TPSA) is 43.4 Å². The summed E-state index contributed by atoms with van der Waals surface area (Å²) in [6.07, 6.45) is 9.91. The molecule has 0 aliphatic rings. The summed E-state index contributed by atoms with van der Waals surface area (Å²) in [7, 11) is 0. The zero-order valence-corrected chi connectivity index (χ0v) is 21.6. The lowest BCUT2D eigenvalue weighted by Gasteiger charge is -2.09. The van der Waals surface area contributed by atoms with Gasteiger partial charge in [-0.05, 0) is 18.5 Å². The highest BCUT2D eigenvalue weighted by molar-refractivity contribution is 7.64. The van der Waals surface area contributed by atoms with Crippen LogP contribution in [0.2, 0.25) is 6.04 Å². The Bertz CT molecular complexity index is 838. The molecule has 174 valence electrons. The van der Waals surface area contributed by atoms with Gasteiger partial charge in [-0.2, -0.15) is 0 Å². The van der Waals surface area contributed by atoms with E-state index in [0.717, 1.165) is 38.1 Å². The third kappa shape index (κ3) is 10.5. The minimum absolute atomic E-state index is 0.174. The number of hydrogen-bond donors (Lipinski definition) is 0. The maximum absolute atomic E-state index is 12.8. The number of ketones is 1. The van der Waals surface area contributed by atoms with E-state index in [0.29, 0.717) is 23.3 Å². The van der Waals surface area contributed by atoms with Crippen molar-refractivity contribution in [3.63, 3.8) is 0 Å². The van der Waals surface area contributed by atoms with Crippen LogP contribution in [-0.4, -0.2) is 24.4 Å². The van der Waals surface area contributed by atoms with E-state index in [4.69, 9.17) is 38.0 Å². The average molecular weight is 514 g/mol. The summed E-state index contributed by atoms with van der Waals surface area (Å²) in [5, 5.41) is 0. The predicted molar refractivity (Wildman–Crippen MR) is 136 cm³/mol. The fourth-order valence-electron chi connectivity index (χ4n) is 3.51. The van der Waals surface area contributed by atoms with Crippen molar-refractivity contribution in [2.45, 2.75) is 63.8 Å². The van der Waals surface area contributed by atoms with Gasteiger partial charge in [0.25, 0.3) is 0 Å². The number of unbranched alkanes of at least 4 members (excludes halogenated alkanes) is 8. The van der Waals surface area contributed by atoms with Crippen LogP contribution in [0.5, 0.6) is 0 Å². The fraction of sp³-hybridized carbons (Fsp3) is 0.440. The predicted octanol–water partition coefficient (Wildman–Crippen LogP) is 8.24. The highest BCUT2D eigenvalue weighted by Crippen LogP contribution is 2.27. The molecule has 0 aliphatic carbocycles. The molecule has 0 saturated heterocycles. The molecule has 2 rings (SSSR count). The van der Waals surface area contributed by atoms with Crippen LogP contribution in [0.1, 0.15) is 84.1 Å². The Kier molecular flexibility index (Phi) is 12.4. The molecule has 0 aliphatic heterocycles. The van der Waals surface area contributed by atoms with Crippen molar-refractivity contribution >= 4 is 51.0 Å². The van der Waals surface area contributed by atoms with Crippen molar-refractivity contribution in [3.05, 3.63) is 71.3 Å². The SMILES string of the molecule is O=C(OCCCCCCCCCCC[Si](Cl)(Cl)Cl)c1ccccc1C(=O)c1ccccc1. The molecule has 0 spiro atoms. The second kappa shape index (κ2) is 14.7. The molecule has 0 aromatic heterocycles. The van der Waals surface area contributed by atoms with Crippen molar-refractivity contribution < 1.29 is 14.3 Å². The van der Waals surface area contributed by atoms with E-state index in [-0.39, 0.29) is 5.78 Å². The molecule has 0 fully saturated rings. The minimum Gasteiger partial charge on any atom is -0.462 e. The number of halogens is 3. The third-order valence-corrected chi connectivity index (χ3v) is 7.89. The molecule has 0 N–H and O–H groups in total. The molecule has 0 atom stereocenters. The van der Waals surface area contributed by atoms with Crippen molar-refractivity contribution in [1.82, 2.24) is 0 Å². The van der Waals surface area contributed by atoms with Crippen LogP contribution in [0.3, 0.4) is 0 Å². The molecule has 32 heavy (non-hydrogen) atoms. The summed E-state index contributed by atoms with van der Waals surface area (Å²) >= 11 is 17.6. The highest BCUT2D eigenvalue weighted by atomic mass is 35.8. The monoisotopic (exact) mass is 512 g/mol. The second-order valence-electron chi connectivity index (χ2n) is 7.92. The normalized spacial score (nSPS) is 11.3. The van der Waals surface area contributed by atoms with Crippen molar-refractivity contribution in [2.24, 2.45) is 0 Å². The molecular weight excluding hydrogens is 483 g/mol. The van der Waals surface area contributed by atoms with E-state index in [9.17, 15) is 9.59 Å². The van der Waals surface area contributed by atoms with Gasteiger partial charge in [-0.25, -0.2) is 4.79 Å². The van der Waals surface area contributed by atoms with Gasteiger partial charge >= 0.3 is 12.0 Å². The third-order valence-electron chi connectivity index (χ3n) is 5.27. The van der Waals surface area contributed by atoms with Crippen LogP contribution >= 0.6 is 33.2 Å². The first-order valence-corrected chi connectivity index (χ1v) is 16.6.